The standard InChI is InChI=1S/C19H21NO4/c1-4-14-5-7-15(8-6-14)20-19(22)12-24-18-10-9-16(23-3)11-17(18)13(2)21/h5-11H,4,12H2,1-3H3,(H,20,22). The van der Waals surface area contributed by atoms with E-state index in [2.05, 4.69) is 12.2 Å². The summed E-state index contributed by atoms with van der Waals surface area (Å²) in [7, 11) is 1.52. The number of carbonyl (C=O) groups is 2. The van der Waals surface area contributed by atoms with Gasteiger partial charge in [-0.3, -0.25) is 9.59 Å². The molecule has 0 heterocycles. The van der Waals surface area contributed by atoms with Crippen molar-refractivity contribution in [2.24, 2.45) is 0 Å². The molecule has 0 saturated heterocycles. The third kappa shape index (κ3) is 4.59. The molecule has 126 valence electrons. The Labute approximate surface area is 141 Å². The number of Topliss-reactive ketones (excluding diaryl/α,β-unsaturated/α-hetero) is 1. The minimum absolute atomic E-state index is 0.153. The van der Waals surface area contributed by atoms with Crippen molar-refractivity contribution in [2.45, 2.75) is 20.3 Å². The molecule has 1 N–H and O–H groups in total. The van der Waals surface area contributed by atoms with Crippen molar-refractivity contribution in [1.82, 2.24) is 0 Å². The molecule has 5 heteroatoms. The van der Waals surface area contributed by atoms with Crippen molar-refractivity contribution in [3.8, 4) is 11.5 Å². The zero-order valence-electron chi connectivity index (χ0n) is 14.1. The highest BCUT2D eigenvalue weighted by atomic mass is 16.5. The van der Waals surface area contributed by atoms with Gasteiger partial charge in [0.2, 0.25) is 0 Å². The van der Waals surface area contributed by atoms with Crippen molar-refractivity contribution in [2.75, 3.05) is 19.0 Å². The number of anilines is 1. The second kappa shape index (κ2) is 8.15. The molecule has 0 atom stereocenters. The minimum Gasteiger partial charge on any atom is -0.497 e. The molecule has 0 radical (unpaired) electrons. The Balaban J connectivity index is 1.99. The van der Waals surface area contributed by atoms with Crippen molar-refractivity contribution in [3.63, 3.8) is 0 Å². The van der Waals surface area contributed by atoms with E-state index in [1.165, 1.54) is 19.6 Å². The number of nitrogens with one attached hydrogen (secondary N) is 1. The maximum Gasteiger partial charge on any atom is 0.262 e. The fourth-order valence-corrected chi connectivity index (χ4v) is 2.20. The van der Waals surface area contributed by atoms with Crippen LogP contribution in [0.1, 0.15) is 29.8 Å². The maximum absolute atomic E-state index is 12.0. The molecule has 5 nitrogen and oxygen atoms in total. The predicted octanol–water partition coefficient (Wildman–Crippen LogP) is 3.48. The van der Waals surface area contributed by atoms with E-state index in [1.807, 2.05) is 24.3 Å². The van der Waals surface area contributed by atoms with E-state index in [0.29, 0.717) is 22.7 Å². The van der Waals surface area contributed by atoms with Crippen molar-refractivity contribution >= 4 is 17.4 Å². The highest BCUT2D eigenvalue weighted by Crippen LogP contribution is 2.24. The van der Waals surface area contributed by atoms with Crippen molar-refractivity contribution in [1.29, 1.82) is 0 Å². The third-order valence-electron chi connectivity index (χ3n) is 3.57. The molecule has 1 amide bonds. The zero-order chi connectivity index (χ0) is 17.5. The fourth-order valence-electron chi connectivity index (χ4n) is 2.20. The van der Waals surface area contributed by atoms with Gasteiger partial charge < -0.3 is 14.8 Å². The SMILES string of the molecule is CCc1ccc(NC(=O)COc2ccc(OC)cc2C(C)=O)cc1. The number of ketones is 1. The van der Waals surface area contributed by atoms with Crippen LogP contribution in [0, 0.1) is 0 Å². The average Bonchev–Trinajstić information content (AvgIpc) is 2.60. The lowest BCUT2D eigenvalue weighted by Gasteiger charge is -2.11. The summed E-state index contributed by atoms with van der Waals surface area (Å²) in [6, 6.07) is 12.5. The van der Waals surface area contributed by atoms with E-state index in [4.69, 9.17) is 9.47 Å². The number of carbonyl (C=O) groups excluding carboxylic acids is 2. The number of amides is 1. The molecule has 0 aliphatic rings. The quantitative estimate of drug-likeness (QED) is 0.791. The van der Waals surface area contributed by atoms with Crippen LogP contribution in [0.25, 0.3) is 0 Å². The normalized spacial score (nSPS) is 10.1. The minimum atomic E-state index is -0.287. The molecule has 0 aliphatic heterocycles. The van der Waals surface area contributed by atoms with Gasteiger partial charge >= 0.3 is 0 Å². The first-order valence-electron chi connectivity index (χ1n) is 7.74. The van der Waals surface area contributed by atoms with E-state index in [9.17, 15) is 9.59 Å². The smallest absolute Gasteiger partial charge is 0.262 e. The first kappa shape index (κ1) is 17.5. The number of hydrogen-bond acceptors (Lipinski definition) is 4. The molecule has 0 aliphatic carbocycles. The highest BCUT2D eigenvalue weighted by Gasteiger charge is 2.12. The second-order valence-electron chi connectivity index (χ2n) is 5.31. The van der Waals surface area contributed by atoms with Gasteiger partial charge in [0, 0.05) is 5.69 Å². The van der Waals surface area contributed by atoms with E-state index < -0.39 is 0 Å². The predicted molar refractivity (Wildman–Crippen MR) is 92.9 cm³/mol. The third-order valence-corrected chi connectivity index (χ3v) is 3.57. The zero-order valence-corrected chi connectivity index (χ0v) is 14.1. The lowest BCUT2D eigenvalue weighted by atomic mass is 10.1. The van der Waals surface area contributed by atoms with Gasteiger partial charge in [0.15, 0.2) is 12.4 Å². The second-order valence-corrected chi connectivity index (χ2v) is 5.31. The van der Waals surface area contributed by atoms with Crippen molar-refractivity contribution in [3.05, 3.63) is 53.6 Å². The van der Waals surface area contributed by atoms with Gasteiger partial charge in [0.05, 0.1) is 12.7 Å². The topological polar surface area (TPSA) is 64.6 Å². The summed E-state index contributed by atoms with van der Waals surface area (Å²) in [5, 5.41) is 2.76. The summed E-state index contributed by atoms with van der Waals surface area (Å²) in [4.78, 5) is 23.7. The lowest BCUT2D eigenvalue weighted by Crippen LogP contribution is -2.20. The summed E-state index contributed by atoms with van der Waals surface area (Å²) >= 11 is 0. The number of hydrogen-bond donors (Lipinski definition) is 1. The summed E-state index contributed by atoms with van der Waals surface area (Å²) in [5.41, 5.74) is 2.30. The van der Waals surface area contributed by atoms with Crippen LogP contribution in [0.15, 0.2) is 42.5 Å². The summed E-state index contributed by atoms with van der Waals surface area (Å²) < 4.78 is 10.6. The Bertz CT molecular complexity index is 723. The molecular weight excluding hydrogens is 306 g/mol. The molecule has 0 fully saturated rings. The van der Waals surface area contributed by atoms with Gasteiger partial charge in [0.1, 0.15) is 11.5 Å². The van der Waals surface area contributed by atoms with Gasteiger partial charge in [-0.2, -0.15) is 0 Å². The molecule has 2 aromatic rings. The van der Waals surface area contributed by atoms with E-state index in [-0.39, 0.29) is 18.3 Å². The summed E-state index contributed by atoms with van der Waals surface area (Å²) in [5.74, 6) is 0.483. The average molecular weight is 327 g/mol. The van der Waals surface area contributed by atoms with Crippen LogP contribution >= 0.6 is 0 Å². The largest absolute Gasteiger partial charge is 0.497 e. The molecule has 0 bridgehead atoms. The molecule has 24 heavy (non-hydrogen) atoms. The van der Waals surface area contributed by atoms with E-state index in [1.54, 1.807) is 18.2 Å². The van der Waals surface area contributed by atoms with E-state index in [0.717, 1.165) is 6.42 Å². The maximum atomic E-state index is 12.0. The number of methoxy groups -OCH3 is 1. The van der Waals surface area contributed by atoms with Crippen LogP contribution in [0.5, 0.6) is 11.5 Å². The molecular formula is C19H21NO4. The summed E-state index contributed by atoms with van der Waals surface area (Å²) in [6.45, 7) is 3.34. The van der Waals surface area contributed by atoms with Crippen molar-refractivity contribution < 1.29 is 19.1 Å². The van der Waals surface area contributed by atoms with Crippen LogP contribution in [-0.2, 0) is 11.2 Å². The molecule has 0 aromatic heterocycles. The molecule has 0 unspecified atom stereocenters. The monoisotopic (exact) mass is 327 g/mol. The van der Waals surface area contributed by atoms with E-state index >= 15 is 0 Å². The fraction of sp³-hybridized carbons (Fsp3) is 0.263. The van der Waals surface area contributed by atoms with Crippen LogP contribution < -0.4 is 14.8 Å². The van der Waals surface area contributed by atoms with Gasteiger partial charge in [-0.05, 0) is 49.2 Å². The lowest BCUT2D eigenvalue weighted by molar-refractivity contribution is -0.118. The van der Waals surface area contributed by atoms with Gasteiger partial charge in [-0.1, -0.05) is 19.1 Å². The Morgan fingerprint density at radius 2 is 1.79 bits per heavy atom. The Hall–Kier alpha value is -2.82. The molecule has 2 rings (SSSR count). The van der Waals surface area contributed by atoms with Crippen LogP contribution in [0.4, 0.5) is 5.69 Å². The van der Waals surface area contributed by atoms with Gasteiger partial charge in [-0.15, -0.1) is 0 Å². The first-order valence-corrected chi connectivity index (χ1v) is 7.74. The van der Waals surface area contributed by atoms with Gasteiger partial charge in [0.25, 0.3) is 5.91 Å². The highest BCUT2D eigenvalue weighted by molar-refractivity contribution is 5.97. The van der Waals surface area contributed by atoms with Crippen LogP contribution in [0.2, 0.25) is 0 Å². The molecule has 0 saturated carbocycles. The van der Waals surface area contributed by atoms with Crippen LogP contribution in [-0.4, -0.2) is 25.4 Å². The number of benzene rings is 2. The Morgan fingerprint density at radius 3 is 2.38 bits per heavy atom. The number of ether oxygens (including phenoxy) is 2. The first-order chi connectivity index (χ1) is 11.5. The summed E-state index contributed by atoms with van der Waals surface area (Å²) in [6.07, 6.45) is 0.947. The Morgan fingerprint density at radius 1 is 1.08 bits per heavy atom. The molecule has 2 aromatic carbocycles. The molecule has 0 spiro atoms. The van der Waals surface area contributed by atoms with Crippen LogP contribution in [0.3, 0.4) is 0 Å². The number of aryl methyl sites for hydroxylation is 1. The van der Waals surface area contributed by atoms with Gasteiger partial charge in [-0.25, -0.2) is 0 Å². The Kier molecular flexibility index (Phi) is 5.95. The number of rotatable bonds is 7.